The quantitative estimate of drug-likeness (QED) is 0.772. The largest absolute Gasteiger partial charge is 0.369 e. The molecule has 0 aromatic carbocycles. The first-order valence-electron chi connectivity index (χ1n) is 10.3. The maximum atomic E-state index is 12.1. The molecule has 4 fully saturated rings. The zero-order valence-corrected chi connectivity index (χ0v) is 15.2. The number of carbonyl (C=O) groups is 1. The Balaban J connectivity index is 1.65. The van der Waals surface area contributed by atoms with Crippen molar-refractivity contribution in [3.8, 4) is 0 Å². The molecule has 0 aromatic heterocycles. The number of nitrogens with two attached hydrogens (primary N) is 1. The first-order chi connectivity index (χ1) is 11.0. The van der Waals surface area contributed by atoms with E-state index in [4.69, 9.17) is 5.73 Å². The molecule has 0 spiro atoms. The first-order valence-corrected chi connectivity index (χ1v) is 10.3. The van der Waals surface area contributed by atoms with Crippen LogP contribution in [0.25, 0.3) is 0 Å². The lowest BCUT2D eigenvalue weighted by atomic mass is 9.44. The summed E-state index contributed by atoms with van der Waals surface area (Å²) in [6.07, 6.45) is 14.9. The summed E-state index contributed by atoms with van der Waals surface area (Å²) in [5.74, 6) is 3.73. The molecule has 1 amide bonds. The summed E-state index contributed by atoms with van der Waals surface area (Å²) < 4.78 is 0. The van der Waals surface area contributed by atoms with Crippen LogP contribution in [-0.2, 0) is 4.79 Å². The molecule has 0 aliphatic heterocycles. The van der Waals surface area contributed by atoms with Crippen molar-refractivity contribution in [1.29, 1.82) is 0 Å². The Morgan fingerprint density at radius 1 is 1.00 bits per heavy atom. The van der Waals surface area contributed by atoms with Crippen molar-refractivity contribution in [1.82, 2.24) is 0 Å². The van der Waals surface area contributed by atoms with Gasteiger partial charge in [0.15, 0.2) is 0 Å². The monoisotopic (exact) mass is 317 g/mol. The molecule has 2 nitrogen and oxygen atoms in total. The van der Waals surface area contributed by atoms with E-state index in [0.717, 1.165) is 36.5 Å². The van der Waals surface area contributed by atoms with Gasteiger partial charge in [0, 0.05) is 5.92 Å². The van der Waals surface area contributed by atoms with Gasteiger partial charge < -0.3 is 5.73 Å². The van der Waals surface area contributed by atoms with Crippen molar-refractivity contribution in [3.05, 3.63) is 0 Å². The third kappa shape index (κ3) is 2.09. The van der Waals surface area contributed by atoms with E-state index >= 15 is 0 Å². The Morgan fingerprint density at radius 2 is 1.83 bits per heavy atom. The molecule has 0 radical (unpaired) electrons. The van der Waals surface area contributed by atoms with Crippen molar-refractivity contribution in [2.75, 3.05) is 0 Å². The maximum Gasteiger partial charge on any atom is 0.221 e. The maximum absolute atomic E-state index is 12.1. The highest BCUT2D eigenvalue weighted by Crippen LogP contribution is 2.68. The molecule has 0 bridgehead atoms. The van der Waals surface area contributed by atoms with Gasteiger partial charge in [0.2, 0.25) is 5.91 Å². The van der Waals surface area contributed by atoms with Crippen LogP contribution >= 0.6 is 0 Å². The van der Waals surface area contributed by atoms with Crippen LogP contribution in [0.3, 0.4) is 0 Å². The highest BCUT2D eigenvalue weighted by atomic mass is 16.1. The second-order valence-corrected chi connectivity index (χ2v) is 9.56. The summed E-state index contributed by atoms with van der Waals surface area (Å²) in [7, 11) is 0. The summed E-state index contributed by atoms with van der Waals surface area (Å²) in [5.41, 5.74) is 6.68. The molecular formula is C21H35NO. The van der Waals surface area contributed by atoms with Crippen LogP contribution in [0.4, 0.5) is 0 Å². The molecule has 4 saturated carbocycles. The standard InChI is InChI=1S/C21H35NO/c1-3-21-13-11-16-15(17(21)9-10-18(21)19(22)23)8-7-14-6-4-5-12-20(14,16)2/h14-18H,3-13H2,1-2H3,(H2,22,23)/t14?,15-,16+,17+,18?,20+,21+/m1/s1. The molecule has 2 N–H and O–H groups in total. The molecule has 0 heterocycles. The van der Waals surface area contributed by atoms with Crippen molar-refractivity contribution in [2.24, 2.45) is 46.2 Å². The molecule has 7 atom stereocenters. The number of rotatable bonds is 2. The Labute approximate surface area is 142 Å². The number of amides is 1. The van der Waals surface area contributed by atoms with E-state index in [0.29, 0.717) is 5.41 Å². The Hall–Kier alpha value is -0.530. The minimum atomic E-state index is -0.00892. The summed E-state index contributed by atoms with van der Waals surface area (Å²) in [5, 5.41) is 0. The van der Waals surface area contributed by atoms with Crippen molar-refractivity contribution >= 4 is 5.91 Å². The van der Waals surface area contributed by atoms with E-state index in [9.17, 15) is 4.79 Å². The van der Waals surface area contributed by atoms with Gasteiger partial charge in [-0.05, 0) is 92.3 Å². The van der Waals surface area contributed by atoms with Gasteiger partial charge >= 0.3 is 0 Å². The molecule has 23 heavy (non-hydrogen) atoms. The van der Waals surface area contributed by atoms with E-state index in [1.165, 1.54) is 57.8 Å². The van der Waals surface area contributed by atoms with Gasteiger partial charge in [-0.25, -0.2) is 0 Å². The van der Waals surface area contributed by atoms with Crippen LogP contribution in [-0.4, -0.2) is 5.91 Å². The van der Waals surface area contributed by atoms with E-state index in [1.54, 1.807) is 0 Å². The molecule has 0 aromatic rings. The average molecular weight is 318 g/mol. The van der Waals surface area contributed by atoms with Crippen LogP contribution in [0.15, 0.2) is 0 Å². The highest BCUT2D eigenvalue weighted by molar-refractivity contribution is 5.78. The van der Waals surface area contributed by atoms with Gasteiger partial charge in [-0.3, -0.25) is 4.79 Å². The van der Waals surface area contributed by atoms with Gasteiger partial charge in [0.05, 0.1) is 0 Å². The van der Waals surface area contributed by atoms with E-state index < -0.39 is 0 Å². The number of primary amides is 1. The lowest BCUT2D eigenvalue weighted by Gasteiger charge is -2.61. The topological polar surface area (TPSA) is 43.1 Å². The van der Waals surface area contributed by atoms with Crippen LogP contribution in [0.2, 0.25) is 0 Å². The molecule has 130 valence electrons. The van der Waals surface area contributed by atoms with Crippen LogP contribution in [0.5, 0.6) is 0 Å². The van der Waals surface area contributed by atoms with Crippen molar-refractivity contribution in [2.45, 2.75) is 84.5 Å². The third-order valence-electron chi connectivity index (χ3n) is 9.30. The predicted octanol–water partition coefficient (Wildman–Crippen LogP) is 4.91. The fourth-order valence-electron chi connectivity index (χ4n) is 8.22. The first kappa shape index (κ1) is 16.0. The Bertz CT molecular complexity index is 488. The fraction of sp³-hybridized carbons (Fsp3) is 0.952. The Kier molecular flexibility index (Phi) is 3.81. The smallest absolute Gasteiger partial charge is 0.221 e. The molecule has 2 unspecified atom stereocenters. The third-order valence-corrected chi connectivity index (χ3v) is 9.30. The second kappa shape index (κ2) is 5.49. The number of carbonyl (C=O) groups excluding carboxylic acids is 1. The van der Waals surface area contributed by atoms with Crippen molar-refractivity contribution in [3.63, 3.8) is 0 Å². The number of fused-ring (bicyclic) bond motifs is 5. The van der Waals surface area contributed by atoms with Gasteiger partial charge in [0.25, 0.3) is 0 Å². The van der Waals surface area contributed by atoms with Gasteiger partial charge in [-0.2, -0.15) is 0 Å². The SMILES string of the molecule is CC[C@]12CC[C@H]3[C@@H](CCC4CCCC[C@@]43C)[C@@H]1CCC2C(N)=O. The molecule has 4 aliphatic carbocycles. The fourth-order valence-corrected chi connectivity index (χ4v) is 8.22. The van der Waals surface area contributed by atoms with Gasteiger partial charge in [0.1, 0.15) is 0 Å². The van der Waals surface area contributed by atoms with E-state index in [-0.39, 0.29) is 17.2 Å². The lowest BCUT2D eigenvalue weighted by Crippen LogP contribution is -2.54. The number of hydrogen-bond donors (Lipinski definition) is 1. The summed E-state index contributed by atoms with van der Waals surface area (Å²) in [6.45, 7) is 4.95. The zero-order valence-electron chi connectivity index (χ0n) is 15.2. The second-order valence-electron chi connectivity index (χ2n) is 9.56. The van der Waals surface area contributed by atoms with Gasteiger partial charge in [-0.1, -0.05) is 26.7 Å². The average Bonchev–Trinajstić information content (AvgIpc) is 2.94. The van der Waals surface area contributed by atoms with Crippen LogP contribution < -0.4 is 5.73 Å². The molecule has 2 heteroatoms. The summed E-state index contributed by atoms with van der Waals surface area (Å²) in [6, 6.07) is 0. The zero-order chi connectivity index (χ0) is 16.2. The normalized spacial score (nSPS) is 52.3. The van der Waals surface area contributed by atoms with Gasteiger partial charge in [-0.15, -0.1) is 0 Å². The minimum Gasteiger partial charge on any atom is -0.369 e. The van der Waals surface area contributed by atoms with E-state index in [1.807, 2.05) is 0 Å². The Morgan fingerprint density at radius 3 is 2.57 bits per heavy atom. The molecule has 4 rings (SSSR count). The lowest BCUT2D eigenvalue weighted by molar-refractivity contribution is -0.137. The highest BCUT2D eigenvalue weighted by Gasteiger charge is 2.61. The summed E-state index contributed by atoms with van der Waals surface area (Å²) >= 11 is 0. The summed E-state index contributed by atoms with van der Waals surface area (Å²) in [4.78, 5) is 12.1. The van der Waals surface area contributed by atoms with Crippen molar-refractivity contribution < 1.29 is 4.79 Å². The van der Waals surface area contributed by atoms with E-state index in [2.05, 4.69) is 13.8 Å². The number of hydrogen-bond acceptors (Lipinski definition) is 1. The molecule has 0 saturated heterocycles. The minimum absolute atomic E-state index is 0.00892. The van der Waals surface area contributed by atoms with Crippen LogP contribution in [0.1, 0.15) is 84.5 Å². The molecular weight excluding hydrogens is 282 g/mol. The van der Waals surface area contributed by atoms with Crippen LogP contribution in [0, 0.1) is 40.4 Å². The molecule has 4 aliphatic rings. The predicted molar refractivity (Wildman–Crippen MR) is 93.6 cm³/mol.